The van der Waals surface area contributed by atoms with Gasteiger partial charge in [-0.15, -0.1) is 0 Å². The molecule has 4 heteroatoms. The van der Waals surface area contributed by atoms with Gasteiger partial charge in [0.25, 0.3) is 0 Å². The first-order valence-corrected chi connectivity index (χ1v) is 4.42. The Kier molecular flexibility index (Phi) is 2.60. The molecule has 0 bridgehead atoms. The smallest absolute Gasteiger partial charge is 0.183 e. The molecule has 0 aromatic carbocycles. The van der Waals surface area contributed by atoms with Crippen LogP contribution in [0, 0.1) is 0 Å². The van der Waals surface area contributed by atoms with Crippen molar-refractivity contribution in [3.05, 3.63) is 0 Å². The van der Waals surface area contributed by atoms with Crippen molar-refractivity contribution in [2.75, 3.05) is 26.9 Å². The molecular formula is C8H15NO3. The van der Waals surface area contributed by atoms with E-state index in [-0.39, 0.29) is 12.4 Å². The lowest BCUT2D eigenvalue weighted by Crippen LogP contribution is -2.51. The lowest BCUT2D eigenvalue weighted by atomic mass is 10.1. The third-order valence-electron chi connectivity index (χ3n) is 2.39. The predicted molar refractivity (Wildman–Crippen MR) is 42.9 cm³/mol. The molecule has 2 heterocycles. The summed E-state index contributed by atoms with van der Waals surface area (Å²) in [5.74, 6) is 0. The van der Waals surface area contributed by atoms with Crippen LogP contribution in [0.25, 0.3) is 0 Å². The maximum absolute atomic E-state index is 5.52. The maximum atomic E-state index is 5.52. The third-order valence-corrected chi connectivity index (χ3v) is 2.39. The van der Waals surface area contributed by atoms with Gasteiger partial charge in [0, 0.05) is 6.04 Å². The Labute approximate surface area is 72.2 Å². The van der Waals surface area contributed by atoms with E-state index in [1.165, 1.54) is 0 Å². The van der Waals surface area contributed by atoms with Crippen molar-refractivity contribution >= 4 is 0 Å². The Bertz CT molecular complexity index is 153. The van der Waals surface area contributed by atoms with Crippen molar-refractivity contribution in [1.29, 1.82) is 0 Å². The summed E-state index contributed by atoms with van der Waals surface area (Å²) in [6.45, 7) is 2.08. The fourth-order valence-corrected chi connectivity index (χ4v) is 1.64. The zero-order valence-electron chi connectivity index (χ0n) is 7.29. The molecule has 2 aliphatic heterocycles. The molecule has 0 aromatic rings. The summed E-state index contributed by atoms with van der Waals surface area (Å²) in [5, 5.41) is 3.18. The molecule has 0 aliphatic carbocycles. The molecule has 0 spiro atoms. The minimum absolute atomic E-state index is 0.122. The van der Waals surface area contributed by atoms with Crippen LogP contribution in [0.1, 0.15) is 6.42 Å². The predicted octanol–water partition coefficient (Wildman–Crippen LogP) is -0.264. The summed E-state index contributed by atoms with van der Waals surface area (Å²) in [6, 6.07) is 0.410. The number of ether oxygens (including phenoxy) is 3. The summed E-state index contributed by atoms with van der Waals surface area (Å²) >= 11 is 0. The van der Waals surface area contributed by atoms with Crippen molar-refractivity contribution in [3.8, 4) is 0 Å². The van der Waals surface area contributed by atoms with E-state index in [1.807, 2.05) is 7.05 Å². The molecule has 2 fully saturated rings. The summed E-state index contributed by atoms with van der Waals surface area (Å²) in [4.78, 5) is 0. The Balaban J connectivity index is 1.90. The molecule has 4 nitrogen and oxygen atoms in total. The second kappa shape index (κ2) is 3.70. The van der Waals surface area contributed by atoms with Gasteiger partial charge in [-0.2, -0.15) is 0 Å². The molecular weight excluding hydrogens is 158 g/mol. The number of fused-ring (bicyclic) bond motifs is 1. The minimum atomic E-state index is -0.122. The average molecular weight is 173 g/mol. The van der Waals surface area contributed by atoms with Gasteiger partial charge in [0.05, 0.1) is 19.8 Å². The molecule has 2 rings (SSSR count). The highest BCUT2D eigenvalue weighted by atomic mass is 16.7. The van der Waals surface area contributed by atoms with Gasteiger partial charge >= 0.3 is 0 Å². The molecule has 1 N–H and O–H groups in total. The van der Waals surface area contributed by atoms with Gasteiger partial charge in [0.15, 0.2) is 6.29 Å². The van der Waals surface area contributed by atoms with Gasteiger partial charge in [-0.3, -0.25) is 0 Å². The van der Waals surface area contributed by atoms with Crippen molar-refractivity contribution in [2.45, 2.75) is 24.9 Å². The van der Waals surface area contributed by atoms with E-state index < -0.39 is 0 Å². The third kappa shape index (κ3) is 1.61. The molecule has 3 atom stereocenters. The topological polar surface area (TPSA) is 39.7 Å². The van der Waals surface area contributed by atoms with Crippen molar-refractivity contribution in [2.24, 2.45) is 0 Å². The van der Waals surface area contributed by atoms with E-state index in [2.05, 4.69) is 5.32 Å². The first-order chi connectivity index (χ1) is 5.90. The highest BCUT2D eigenvalue weighted by Crippen LogP contribution is 2.21. The van der Waals surface area contributed by atoms with E-state index in [0.29, 0.717) is 19.3 Å². The van der Waals surface area contributed by atoms with Gasteiger partial charge in [0.2, 0.25) is 0 Å². The number of likely N-dealkylation sites (N-methyl/N-ethyl adjacent to an activating group) is 1. The van der Waals surface area contributed by atoms with Crippen molar-refractivity contribution in [3.63, 3.8) is 0 Å². The van der Waals surface area contributed by atoms with Gasteiger partial charge < -0.3 is 19.5 Å². The van der Waals surface area contributed by atoms with E-state index in [0.717, 1.165) is 13.0 Å². The van der Waals surface area contributed by atoms with Crippen molar-refractivity contribution in [1.82, 2.24) is 5.32 Å². The maximum Gasteiger partial charge on any atom is 0.183 e. The van der Waals surface area contributed by atoms with Crippen LogP contribution in [0.15, 0.2) is 0 Å². The minimum Gasteiger partial charge on any atom is -0.370 e. The largest absolute Gasteiger partial charge is 0.370 e. The summed E-state index contributed by atoms with van der Waals surface area (Å²) in [7, 11) is 1.94. The van der Waals surface area contributed by atoms with Crippen LogP contribution in [-0.2, 0) is 14.2 Å². The van der Waals surface area contributed by atoms with E-state index in [1.54, 1.807) is 0 Å². The Hall–Kier alpha value is -0.160. The highest BCUT2D eigenvalue weighted by Gasteiger charge is 2.34. The molecule has 0 saturated carbocycles. The fraction of sp³-hybridized carbons (Fsp3) is 1.00. The lowest BCUT2D eigenvalue weighted by molar-refractivity contribution is -0.269. The van der Waals surface area contributed by atoms with Gasteiger partial charge in [-0.25, -0.2) is 0 Å². The number of rotatable bonds is 1. The Morgan fingerprint density at radius 3 is 2.83 bits per heavy atom. The molecule has 2 saturated heterocycles. The summed E-state index contributed by atoms with van der Waals surface area (Å²) < 4.78 is 16.4. The monoisotopic (exact) mass is 173 g/mol. The first-order valence-electron chi connectivity index (χ1n) is 4.42. The lowest BCUT2D eigenvalue weighted by Gasteiger charge is -2.38. The van der Waals surface area contributed by atoms with Crippen LogP contribution in [-0.4, -0.2) is 45.3 Å². The van der Waals surface area contributed by atoms with Gasteiger partial charge in [-0.05, 0) is 13.5 Å². The molecule has 0 unspecified atom stereocenters. The quantitative estimate of drug-likeness (QED) is 0.593. The molecule has 0 radical (unpaired) electrons. The zero-order valence-corrected chi connectivity index (χ0v) is 7.29. The van der Waals surface area contributed by atoms with E-state index >= 15 is 0 Å². The van der Waals surface area contributed by atoms with E-state index in [4.69, 9.17) is 14.2 Å². The Morgan fingerprint density at radius 2 is 2.00 bits per heavy atom. The van der Waals surface area contributed by atoms with Crippen LogP contribution in [0.4, 0.5) is 0 Å². The van der Waals surface area contributed by atoms with Crippen LogP contribution in [0.3, 0.4) is 0 Å². The molecule has 70 valence electrons. The SMILES string of the molecule is CN[C@H]1CO[C@H]2OCCO[C@H]2C1. The van der Waals surface area contributed by atoms with Crippen LogP contribution < -0.4 is 5.32 Å². The summed E-state index contributed by atoms with van der Waals surface area (Å²) in [5.41, 5.74) is 0. The molecule has 0 amide bonds. The second-order valence-electron chi connectivity index (χ2n) is 3.20. The van der Waals surface area contributed by atoms with Crippen LogP contribution in [0.2, 0.25) is 0 Å². The fourth-order valence-electron chi connectivity index (χ4n) is 1.64. The van der Waals surface area contributed by atoms with Crippen LogP contribution in [0.5, 0.6) is 0 Å². The normalized spacial score (nSPS) is 42.2. The Morgan fingerprint density at radius 1 is 1.17 bits per heavy atom. The van der Waals surface area contributed by atoms with Crippen LogP contribution >= 0.6 is 0 Å². The standard InChI is InChI=1S/C8H15NO3/c1-9-6-4-7-8(12-5-6)11-3-2-10-7/h6-9H,2-5H2,1H3/t6-,7+,8-/m1/s1. The van der Waals surface area contributed by atoms with Crippen molar-refractivity contribution < 1.29 is 14.2 Å². The first kappa shape index (κ1) is 8.44. The molecule has 2 aliphatic rings. The highest BCUT2D eigenvalue weighted by molar-refractivity contribution is 4.79. The van der Waals surface area contributed by atoms with E-state index in [9.17, 15) is 0 Å². The second-order valence-corrected chi connectivity index (χ2v) is 3.20. The average Bonchev–Trinajstić information content (AvgIpc) is 2.17. The molecule has 12 heavy (non-hydrogen) atoms. The number of nitrogens with one attached hydrogen (secondary N) is 1. The number of hydrogen-bond acceptors (Lipinski definition) is 4. The summed E-state index contributed by atoms with van der Waals surface area (Å²) in [6.07, 6.45) is 0.995. The zero-order chi connectivity index (χ0) is 8.39. The number of hydrogen-bond donors (Lipinski definition) is 1. The van der Waals surface area contributed by atoms with Gasteiger partial charge in [0.1, 0.15) is 6.10 Å². The molecule has 0 aromatic heterocycles. The van der Waals surface area contributed by atoms with Gasteiger partial charge in [-0.1, -0.05) is 0 Å².